The number of anilines is 2. The average Bonchev–Trinajstić information content (AvgIpc) is 3.03. The zero-order valence-electron chi connectivity index (χ0n) is 17.1. The Morgan fingerprint density at radius 1 is 0.879 bits per heavy atom. The highest BCUT2D eigenvalue weighted by Gasteiger charge is 2.41. The molecule has 2 amide bonds. The van der Waals surface area contributed by atoms with Crippen LogP contribution in [-0.4, -0.2) is 18.9 Å². The summed E-state index contributed by atoms with van der Waals surface area (Å²) in [4.78, 5) is 27.2. The molecule has 1 aliphatic heterocycles. The van der Waals surface area contributed by atoms with Crippen LogP contribution in [0.4, 0.5) is 28.9 Å². The maximum atomic E-state index is 13.5. The SMILES string of the molecule is COc1cccc(NC2=C(c3ccc(F)cc3)C(=O)N(c3cccc(C(F)(F)F)c3)C2=O)c1. The van der Waals surface area contributed by atoms with E-state index in [1.54, 1.807) is 24.3 Å². The van der Waals surface area contributed by atoms with Gasteiger partial charge in [0.05, 0.1) is 23.9 Å². The predicted molar refractivity (Wildman–Crippen MR) is 114 cm³/mol. The van der Waals surface area contributed by atoms with E-state index in [-0.39, 0.29) is 22.5 Å². The Morgan fingerprint density at radius 3 is 2.24 bits per heavy atom. The first-order chi connectivity index (χ1) is 15.7. The van der Waals surface area contributed by atoms with Gasteiger partial charge in [0.25, 0.3) is 11.8 Å². The fourth-order valence-corrected chi connectivity index (χ4v) is 3.43. The number of hydrogen-bond donors (Lipinski definition) is 1. The molecule has 0 spiro atoms. The Kier molecular flexibility index (Phi) is 5.63. The zero-order chi connectivity index (χ0) is 23.8. The average molecular weight is 456 g/mol. The third-order valence-electron chi connectivity index (χ3n) is 4.99. The van der Waals surface area contributed by atoms with Gasteiger partial charge in [0.1, 0.15) is 17.3 Å². The fourth-order valence-electron chi connectivity index (χ4n) is 3.43. The van der Waals surface area contributed by atoms with Crippen molar-refractivity contribution in [1.29, 1.82) is 0 Å². The van der Waals surface area contributed by atoms with E-state index >= 15 is 0 Å². The molecule has 0 fully saturated rings. The van der Waals surface area contributed by atoms with Crippen LogP contribution in [0, 0.1) is 5.82 Å². The van der Waals surface area contributed by atoms with Gasteiger partial charge >= 0.3 is 6.18 Å². The lowest BCUT2D eigenvalue weighted by molar-refractivity contribution is -0.137. The molecule has 0 saturated carbocycles. The van der Waals surface area contributed by atoms with Gasteiger partial charge in [0.2, 0.25) is 0 Å². The summed E-state index contributed by atoms with van der Waals surface area (Å²) in [6.07, 6.45) is -4.66. The van der Waals surface area contributed by atoms with Crippen molar-refractivity contribution in [2.45, 2.75) is 6.18 Å². The van der Waals surface area contributed by atoms with Crippen LogP contribution in [0.15, 0.2) is 78.5 Å². The molecule has 0 radical (unpaired) electrons. The van der Waals surface area contributed by atoms with Crippen LogP contribution in [-0.2, 0) is 15.8 Å². The van der Waals surface area contributed by atoms with E-state index in [2.05, 4.69) is 5.32 Å². The van der Waals surface area contributed by atoms with Gasteiger partial charge in [-0.2, -0.15) is 13.2 Å². The monoisotopic (exact) mass is 456 g/mol. The molecule has 0 unspecified atom stereocenters. The predicted octanol–water partition coefficient (Wildman–Crippen LogP) is 5.25. The Labute approximate surface area is 185 Å². The second kappa shape index (κ2) is 8.42. The molecule has 0 aromatic heterocycles. The van der Waals surface area contributed by atoms with Crippen molar-refractivity contribution < 1.29 is 31.9 Å². The fraction of sp³-hybridized carbons (Fsp3) is 0.0833. The van der Waals surface area contributed by atoms with Crippen molar-refractivity contribution in [3.63, 3.8) is 0 Å². The molecule has 3 aromatic rings. The van der Waals surface area contributed by atoms with Crippen LogP contribution >= 0.6 is 0 Å². The van der Waals surface area contributed by atoms with E-state index in [0.29, 0.717) is 16.3 Å². The molecule has 0 atom stereocenters. The van der Waals surface area contributed by atoms with Gasteiger partial charge in [0, 0.05) is 11.8 Å². The summed E-state index contributed by atoms with van der Waals surface area (Å²) in [5.74, 6) is -1.75. The van der Waals surface area contributed by atoms with E-state index in [9.17, 15) is 27.2 Å². The Hall–Kier alpha value is -4.14. The Balaban J connectivity index is 1.81. The second-order valence-corrected chi connectivity index (χ2v) is 7.11. The lowest BCUT2D eigenvalue weighted by atomic mass is 10.0. The minimum absolute atomic E-state index is 0.0970. The van der Waals surface area contributed by atoms with Crippen LogP contribution < -0.4 is 15.0 Å². The van der Waals surface area contributed by atoms with E-state index < -0.39 is 29.4 Å². The van der Waals surface area contributed by atoms with Gasteiger partial charge in [0.15, 0.2) is 0 Å². The largest absolute Gasteiger partial charge is 0.497 e. The first kappa shape index (κ1) is 22.1. The molecule has 1 heterocycles. The van der Waals surface area contributed by atoms with Crippen molar-refractivity contribution in [2.24, 2.45) is 0 Å². The molecule has 1 N–H and O–H groups in total. The highest BCUT2D eigenvalue weighted by molar-refractivity contribution is 6.46. The molecule has 4 rings (SSSR count). The van der Waals surface area contributed by atoms with Gasteiger partial charge in [-0.3, -0.25) is 9.59 Å². The number of alkyl halides is 3. The number of ether oxygens (including phenoxy) is 1. The van der Waals surface area contributed by atoms with Crippen LogP contribution in [0.5, 0.6) is 5.75 Å². The van der Waals surface area contributed by atoms with E-state index in [1.165, 1.54) is 25.3 Å². The third-order valence-corrected chi connectivity index (χ3v) is 4.99. The van der Waals surface area contributed by atoms with Crippen LogP contribution in [0.3, 0.4) is 0 Å². The number of amides is 2. The molecular formula is C24H16F4N2O3. The van der Waals surface area contributed by atoms with Crippen molar-refractivity contribution >= 4 is 28.8 Å². The number of nitrogens with one attached hydrogen (secondary N) is 1. The Morgan fingerprint density at radius 2 is 1.58 bits per heavy atom. The number of halogens is 4. The standard InChI is InChI=1S/C24H16F4N2O3/c1-33-19-7-3-5-17(13-19)29-21-20(14-8-10-16(25)11-9-14)22(31)30(23(21)32)18-6-2-4-15(12-18)24(26,27)28/h2-13,29H,1H3. The summed E-state index contributed by atoms with van der Waals surface area (Å²) in [7, 11) is 1.46. The highest BCUT2D eigenvalue weighted by atomic mass is 19.4. The van der Waals surface area contributed by atoms with Crippen LogP contribution in [0.25, 0.3) is 5.57 Å². The number of carbonyl (C=O) groups excluding carboxylic acids is 2. The molecule has 0 bridgehead atoms. The first-order valence-electron chi connectivity index (χ1n) is 9.66. The third kappa shape index (κ3) is 4.30. The number of hydrogen-bond acceptors (Lipinski definition) is 4. The number of rotatable bonds is 5. The van der Waals surface area contributed by atoms with Crippen molar-refractivity contribution in [3.05, 3.63) is 95.4 Å². The summed E-state index contributed by atoms with van der Waals surface area (Å²) < 4.78 is 58.2. The van der Waals surface area contributed by atoms with Gasteiger partial charge in [-0.1, -0.05) is 24.3 Å². The number of benzene rings is 3. The molecule has 3 aromatic carbocycles. The lowest BCUT2D eigenvalue weighted by Crippen LogP contribution is -2.32. The summed E-state index contributed by atoms with van der Waals surface area (Å²) in [5, 5.41) is 2.88. The number of imide groups is 1. The molecule has 0 saturated heterocycles. The minimum atomic E-state index is -4.66. The minimum Gasteiger partial charge on any atom is -0.497 e. The molecular weight excluding hydrogens is 440 g/mol. The maximum Gasteiger partial charge on any atom is 0.416 e. The van der Waals surface area contributed by atoms with Gasteiger partial charge < -0.3 is 10.1 Å². The first-order valence-corrected chi connectivity index (χ1v) is 9.66. The number of methoxy groups -OCH3 is 1. The smallest absolute Gasteiger partial charge is 0.416 e. The molecule has 1 aliphatic rings. The van der Waals surface area contributed by atoms with E-state index in [0.717, 1.165) is 30.3 Å². The molecule has 168 valence electrons. The summed E-state index contributed by atoms with van der Waals surface area (Å²) >= 11 is 0. The second-order valence-electron chi connectivity index (χ2n) is 7.11. The summed E-state index contributed by atoms with van der Waals surface area (Å²) in [5.41, 5.74) is -0.844. The Bertz CT molecular complexity index is 1270. The lowest BCUT2D eigenvalue weighted by Gasteiger charge is -2.17. The topological polar surface area (TPSA) is 58.6 Å². The van der Waals surface area contributed by atoms with Gasteiger partial charge in [-0.15, -0.1) is 0 Å². The van der Waals surface area contributed by atoms with Crippen LogP contribution in [0.2, 0.25) is 0 Å². The quantitative estimate of drug-likeness (QED) is 0.421. The maximum absolute atomic E-state index is 13.5. The van der Waals surface area contributed by atoms with E-state index in [1.807, 2.05) is 0 Å². The van der Waals surface area contributed by atoms with Gasteiger partial charge in [-0.25, -0.2) is 9.29 Å². The summed E-state index contributed by atoms with van der Waals surface area (Å²) in [6, 6.07) is 15.4. The van der Waals surface area contributed by atoms with Crippen molar-refractivity contribution in [3.8, 4) is 5.75 Å². The number of nitrogens with zero attached hydrogens (tertiary/aromatic N) is 1. The zero-order valence-corrected chi connectivity index (χ0v) is 17.1. The highest BCUT2D eigenvalue weighted by Crippen LogP contribution is 2.37. The molecule has 33 heavy (non-hydrogen) atoms. The molecule has 0 aliphatic carbocycles. The van der Waals surface area contributed by atoms with Crippen molar-refractivity contribution in [1.82, 2.24) is 0 Å². The summed E-state index contributed by atoms with van der Waals surface area (Å²) in [6.45, 7) is 0. The molecule has 9 heteroatoms. The van der Waals surface area contributed by atoms with Crippen LogP contribution in [0.1, 0.15) is 11.1 Å². The van der Waals surface area contributed by atoms with Crippen molar-refractivity contribution in [2.75, 3.05) is 17.3 Å². The number of carbonyl (C=O) groups is 2. The van der Waals surface area contributed by atoms with Gasteiger partial charge in [-0.05, 0) is 48.0 Å². The molecule has 5 nitrogen and oxygen atoms in total. The normalized spacial score (nSPS) is 14.2. The van der Waals surface area contributed by atoms with E-state index in [4.69, 9.17) is 4.74 Å².